The Morgan fingerprint density at radius 2 is 1.69 bits per heavy atom. The van der Waals surface area contributed by atoms with Gasteiger partial charge in [0.25, 0.3) is 5.91 Å². The van der Waals surface area contributed by atoms with Crippen molar-refractivity contribution >= 4 is 32.5 Å². The van der Waals surface area contributed by atoms with E-state index in [2.05, 4.69) is 9.97 Å². The summed E-state index contributed by atoms with van der Waals surface area (Å²) < 4.78 is 39.0. The number of nitrogens with two attached hydrogens (primary N) is 1. The highest BCUT2D eigenvalue weighted by atomic mass is 32.2. The van der Waals surface area contributed by atoms with E-state index in [1.54, 1.807) is 18.3 Å². The normalized spacial score (nSPS) is 11.5. The number of sulfonamides is 1. The number of halogens is 1. The Labute approximate surface area is 184 Å². The van der Waals surface area contributed by atoms with Crippen LogP contribution in [0.5, 0.6) is 0 Å². The molecule has 2 aromatic carbocycles. The fraction of sp³-hybridized carbons (Fsp3) is 0.0870. The Bertz CT molecular complexity index is 1470. The van der Waals surface area contributed by atoms with Gasteiger partial charge in [0.1, 0.15) is 5.82 Å². The largest absolute Gasteiger partial charge is 0.396 e. The third-order valence-corrected chi connectivity index (χ3v) is 5.43. The van der Waals surface area contributed by atoms with Crippen LogP contribution < -0.4 is 10.5 Å². The van der Waals surface area contributed by atoms with Crippen molar-refractivity contribution in [2.45, 2.75) is 6.92 Å². The van der Waals surface area contributed by atoms with Crippen molar-refractivity contribution in [3.8, 4) is 22.4 Å². The highest BCUT2D eigenvalue weighted by Crippen LogP contribution is 2.34. The maximum absolute atomic E-state index is 13.9. The molecule has 3 N–H and O–H groups in total. The minimum atomic E-state index is -3.86. The van der Waals surface area contributed by atoms with E-state index in [0.717, 1.165) is 29.1 Å². The lowest BCUT2D eigenvalue weighted by atomic mass is 9.99. The van der Waals surface area contributed by atoms with E-state index in [9.17, 15) is 17.6 Å². The van der Waals surface area contributed by atoms with E-state index < -0.39 is 21.7 Å². The van der Waals surface area contributed by atoms with Gasteiger partial charge in [-0.05, 0) is 48.4 Å². The van der Waals surface area contributed by atoms with Gasteiger partial charge in [0.05, 0.1) is 28.7 Å². The van der Waals surface area contributed by atoms with Gasteiger partial charge in [0.15, 0.2) is 0 Å². The van der Waals surface area contributed by atoms with Crippen LogP contribution in [0.2, 0.25) is 0 Å². The number of hydrogen-bond donors (Lipinski definition) is 2. The van der Waals surface area contributed by atoms with Gasteiger partial charge >= 0.3 is 0 Å². The van der Waals surface area contributed by atoms with Crippen molar-refractivity contribution < 1.29 is 17.6 Å². The molecule has 32 heavy (non-hydrogen) atoms. The van der Waals surface area contributed by atoms with Crippen LogP contribution in [0.1, 0.15) is 16.1 Å². The van der Waals surface area contributed by atoms with Crippen LogP contribution in [0, 0.1) is 12.7 Å². The Morgan fingerprint density at radius 3 is 2.34 bits per heavy atom. The van der Waals surface area contributed by atoms with E-state index in [1.807, 2.05) is 35.9 Å². The summed E-state index contributed by atoms with van der Waals surface area (Å²) in [6, 6.07) is 15.0. The molecule has 0 radical (unpaired) electrons. The average Bonchev–Trinajstić information content (AvgIpc) is 2.72. The molecule has 0 aliphatic rings. The van der Waals surface area contributed by atoms with Crippen LogP contribution in [0.3, 0.4) is 0 Å². The molecule has 0 bridgehead atoms. The number of rotatable bonds is 4. The second-order valence-electron chi connectivity index (χ2n) is 7.38. The topological polar surface area (TPSA) is 115 Å². The molecule has 0 saturated carbocycles. The van der Waals surface area contributed by atoms with Gasteiger partial charge < -0.3 is 5.73 Å². The van der Waals surface area contributed by atoms with Crippen molar-refractivity contribution in [2.75, 3.05) is 12.0 Å². The number of amides is 1. The van der Waals surface area contributed by atoms with Crippen molar-refractivity contribution in [2.24, 2.45) is 0 Å². The van der Waals surface area contributed by atoms with Crippen molar-refractivity contribution in [1.29, 1.82) is 0 Å². The summed E-state index contributed by atoms with van der Waals surface area (Å²) in [5.74, 6) is -1.55. The van der Waals surface area contributed by atoms with Crippen LogP contribution in [-0.2, 0) is 10.0 Å². The summed E-state index contributed by atoms with van der Waals surface area (Å²) >= 11 is 0. The molecule has 2 aromatic heterocycles. The highest BCUT2D eigenvalue weighted by Gasteiger charge is 2.22. The van der Waals surface area contributed by atoms with Crippen molar-refractivity contribution in [1.82, 2.24) is 14.7 Å². The molecule has 162 valence electrons. The van der Waals surface area contributed by atoms with Gasteiger partial charge in [-0.1, -0.05) is 24.3 Å². The number of fused-ring (bicyclic) bond motifs is 1. The van der Waals surface area contributed by atoms with E-state index in [-0.39, 0.29) is 16.6 Å². The number of aromatic nitrogens is 2. The van der Waals surface area contributed by atoms with Crippen molar-refractivity contribution in [3.05, 3.63) is 77.9 Å². The molecule has 4 rings (SSSR count). The first-order chi connectivity index (χ1) is 15.1. The number of pyridine rings is 2. The van der Waals surface area contributed by atoms with E-state index in [1.165, 1.54) is 12.1 Å². The summed E-state index contributed by atoms with van der Waals surface area (Å²) in [5, 5.41) is 0.122. The number of nitrogens with zero attached hydrogens (tertiary/aromatic N) is 2. The van der Waals surface area contributed by atoms with Gasteiger partial charge in [-0.2, -0.15) is 0 Å². The minimum absolute atomic E-state index is 0.0447. The predicted octanol–water partition coefficient (Wildman–Crippen LogP) is 3.68. The summed E-state index contributed by atoms with van der Waals surface area (Å²) in [4.78, 5) is 21.4. The van der Waals surface area contributed by atoms with Gasteiger partial charge in [0, 0.05) is 22.8 Å². The molecule has 0 atom stereocenters. The number of nitrogens with one attached hydrogen (secondary N) is 1. The molecule has 0 saturated heterocycles. The zero-order valence-electron chi connectivity index (χ0n) is 17.3. The van der Waals surface area contributed by atoms with Gasteiger partial charge in [-0.3, -0.25) is 9.78 Å². The lowest BCUT2D eigenvalue weighted by Crippen LogP contribution is -2.30. The second-order valence-corrected chi connectivity index (χ2v) is 9.13. The lowest BCUT2D eigenvalue weighted by Gasteiger charge is -2.14. The summed E-state index contributed by atoms with van der Waals surface area (Å²) in [5.41, 5.74) is 10.1. The van der Waals surface area contributed by atoms with Crippen LogP contribution in [0.15, 0.2) is 60.8 Å². The summed E-state index contributed by atoms with van der Waals surface area (Å²) in [6.07, 6.45) is 2.58. The van der Waals surface area contributed by atoms with Crippen molar-refractivity contribution in [3.63, 3.8) is 0 Å². The standard InChI is InChI=1S/C23H19FN4O3S/c1-13-11-16(9-10-26-13)14-3-5-15(6-4-14)22-21(25)20(23(29)28-32(2,30)31)18-12-17(24)7-8-19(18)27-22/h3-12H,25H2,1-2H3,(H,28,29). The van der Waals surface area contributed by atoms with Gasteiger partial charge in [0.2, 0.25) is 10.0 Å². The van der Waals surface area contributed by atoms with E-state index >= 15 is 0 Å². The zero-order chi connectivity index (χ0) is 23.0. The molecule has 0 spiro atoms. The fourth-order valence-corrected chi connectivity index (χ4v) is 3.92. The third kappa shape index (κ3) is 4.28. The summed E-state index contributed by atoms with van der Waals surface area (Å²) in [7, 11) is -3.86. The van der Waals surface area contributed by atoms with E-state index in [0.29, 0.717) is 16.8 Å². The molecule has 0 aliphatic carbocycles. The molecule has 7 nitrogen and oxygen atoms in total. The van der Waals surface area contributed by atoms with Gasteiger partial charge in [-0.15, -0.1) is 0 Å². The molecule has 2 heterocycles. The Morgan fingerprint density at radius 1 is 1.00 bits per heavy atom. The number of aryl methyl sites for hydroxylation is 1. The van der Waals surface area contributed by atoms with Crippen LogP contribution >= 0.6 is 0 Å². The molecule has 4 aromatic rings. The number of anilines is 1. The van der Waals surface area contributed by atoms with Crippen LogP contribution in [-0.4, -0.2) is 30.5 Å². The first kappa shape index (κ1) is 21.4. The Balaban J connectivity index is 1.87. The fourth-order valence-electron chi connectivity index (χ4n) is 3.48. The van der Waals surface area contributed by atoms with Crippen LogP contribution in [0.4, 0.5) is 10.1 Å². The average molecular weight is 450 g/mol. The molecule has 9 heteroatoms. The van der Waals surface area contributed by atoms with Gasteiger partial charge in [-0.25, -0.2) is 22.5 Å². The number of nitrogen functional groups attached to an aromatic ring is 1. The second kappa shape index (κ2) is 8.01. The maximum atomic E-state index is 13.9. The Kier molecular flexibility index (Phi) is 5.35. The first-order valence-electron chi connectivity index (χ1n) is 9.57. The number of carbonyl (C=O) groups excluding carboxylic acids is 1. The first-order valence-corrected chi connectivity index (χ1v) is 11.5. The Hall–Kier alpha value is -3.85. The maximum Gasteiger partial charge on any atom is 0.267 e. The molecule has 0 unspecified atom stereocenters. The smallest absolute Gasteiger partial charge is 0.267 e. The molecule has 0 aliphatic heterocycles. The number of carbonyl (C=O) groups is 1. The SMILES string of the molecule is Cc1cc(-c2ccc(-c3nc4ccc(F)cc4c(C(=O)NS(C)(=O)=O)c3N)cc2)ccn1. The number of benzene rings is 2. The molecular formula is C23H19FN4O3S. The third-order valence-electron chi connectivity index (χ3n) is 4.88. The summed E-state index contributed by atoms with van der Waals surface area (Å²) in [6.45, 7) is 1.91. The molecular weight excluding hydrogens is 431 g/mol. The predicted molar refractivity (Wildman–Crippen MR) is 122 cm³/mol. The monoisotopic (exact) mass is 450 g/mol. The minimum Gasteiger partial charge on any atom is -0.396 e. The highest BCUT2D eigenvalue weighted by molar-refractivity contribution is 7.89. The lowest BCUT2D eigenvalue weighted by molar-refractivity contribution is 0.0984. The van der Waals surface area contributed by atoms with E-state index in [4.69, 9.17) is 5.73 Å². The molecule has 0 fully saturated rings. The zero-order valence-corrected chi connectivity index (χ0v) is 18.1. The quantitative estimate of drug-likeness (QED) is 0.490. The number of hydrogen-bond acceptors (Lipinski definition) is 6. The molecule has 1 amide bonds. The van der Waals surface area contributed by atoms with Crippen LogP contribution in [0.25, 0.3) is 33.3 Å².